The second kappa shape index (κ2) is 5.38. The molecule has 18 heavy (non-hydrogen) atoms. The zero-order valence-electron chi connectivity index (χ0n) is 10.2. The number of rotatable bonds is 4. The molecular weight excluding hydrogens is 275 g/mol. The molecule has 3 nitrogen and oxygen atoms in total. The van der Waals surface area contributed by atoms with E-state index < -0.39 is 5.82 Å². The van der Waals surface area contributed by atoms with Gasteiger partial charge in [0.15, 0.2) is 4.77 Å². The molecular formula is C12H14ClFN2OS. The fraction of sp³-hybridized carbons (Fsp3) is 0.417. The first-order valence-electron chi connectivity index (χ1n) is 5.72. The number of nitrogens with zero attached hydrogens (tertiary/aromatic N) is 1. The monoisotopic (exact) mass is 288 g/mol. The number of benzene rings is 1. The normalized spacial score (nSPS) is 13.1. The van der Waals surface area contributed by atoms with Crippen LogP contribution in [0.2, 0.25) is 5.02 Å². The second-order valence-electron chi connectivity index (χ2n) is 4.09. The van der Waals surface area contributed by atoms with Crippen molar-refractivity contribution in [1.29, 1.82) is 0 Å². The van der Waals surface area contributed by atoms with Crippen LogP contribution in [0.3, 0.4) is 0 Å². The van der Waals surface area contributed by atoms with E-state index in [0.717, 1.165) is 5.52 Å². The lowest BCUT2D eigenvalue weighted by Gasteiger charge is -2.13. The van der Waals surface area contributed by atoms with Gasteiger partial charge in [0.2, 0.25) is 0 Å². The fourth-order valence-corrected chi connectivity index (χ4v) is 2.37. The third-order valence-corrected chi connectivity index (χ3v) is 3.32. The molecule has 0 fully saturated rings. The summed E-state index contributed by atoms with van der Waals surface area (Å²) in [6.07, 6.45) is 0.0320. The van der Waals surface area contributed by atoms with Gasteiger partial charge in [-0.2, -0.15) is 0 Å². The van der Waals surface area contributed by atoms with Crippen LogP contribution in [0.4, 0.5) is 4.39 Å². The summed E-state index contributed by atoms with van der Waals surface area (Å²) >= 11 is 11.0. The third-order valence-electron chi connectivity index (χ3n) is 2.71. The van der Waals surface area contributed by atoms with Gasteiger partial charge in [0.25, 0.3) is 0 Å². The fourth-order valence-electron chi connectivity index (χ4n) is 1.93. The van der Waals surface area contributed by atoms with Crippen molar-refractivity contribution in [3.8, 4) is 0 Å². The molecule has 1 unspecified atom stereocenters. The Labute approximate surface area is 115 Å². The van der Waals surface area contributed by atoms with E-state index in [1.54, 1.807) is 6.07 Å². The van der Waals surface area contributed by atoms with Gasteiger partial charge in [-0.15, -0.1) is 0 Å². The minimum atomic E-state index is -0.453. The van der Waals surface area contributed by atoms with Crippen LogP contribution < -0.4 is 0 Å². The predicted octanol–water partition coefficient (Wildman–Crippen LogP) is 3.92. The first-order chi connectivity index (χ1) is 8.52. The molecule has 6 heteroatoms. The first kappa shape index (κ1) is 13.5. The molecule has 1 aromatic carbocycles. The van der Waals surface area contributed by atoms with Gasteiger partial charge in [-0.05, 0) is 32.1 Å². The number of fused-ring (bicyclic) bond motifs is 1. The van der Waals surface area contributed by atoms with Crippen LogP contribution in [-0.4, -0.2) is 22.3 Å². The number of ether oxygens (including phenoxy) is 1. The van der Waals surface area contributed by atoms with Crippen LogP contribution in [0.5, 0.6) is 0 Å². The Hall–Kier alpha value is -0.910. The van der Waals surface area contributed by atoms with Gasteiger partial charge in [-0.25, -0.2) is 4.39 Å². The first-order valence-corrected chi connectivity index (χ1v) is 6.50. The van der Waals surface area contributed by atoms with Gasteiger partial charge in [0.05, 0.1) is 28.7 Å². The maximum Gasteiger partial charge on any atom is 0.178 e. The molecule has 1 aromatic heterocycles. The van der Waals surface area contributed by atoms with Gasteiger partial charge >= 0.3 is 0 Å². The Kier molecular flexibility index (Phi) is 4.04. The summed E-state index contributed by atoms with van der Waals surface area (Å²) in [7, 11) is 0. The highest BCUT2D eigenvalue weighted by Crippen LogP contribution is 2.23. The molecule has 0 saturated carbocycles. The quantitative estimate of drug-likeness (QED) is 0.864. The van der Waals surface area contributed by atoms with Gasteiger partial charge in [-0.3, -0.25) is 0 Å². The molecule has 0 aliphatic rings. The van der Waals surface area contributed by atoms with Crippen LogP contribution in [0.25, 0.3) is 11.0 Å². The van der Waals surface area contributed by atoms with Gasteiger partial charge in [-0.1, -0.05) is 11.6 Å². The largest absolute Gasteiger partial charge is 0.377 e. The molecule has 98 valence electrons. The number of H-pyrrole nitrogens is 1. The molecule has 0 bridgehead atoms. The van der Waals surface area contributed by atoms with Crippen LogP contribution in [-0.2, 0) is 11.3 Å². The van der Waals surface area contributed by atoms with E-state index in [4.69, 9.17) is 28.6 Å². The van der Waals surface area contributed by atoms with E-state index in [1.807, 2.05) is 18.4 Å². The number of aromatic nitrogens is 2. The van der Waals surface area contributed by atoms with Gasteiger partial charge in [0, 0.05) is 12.7 Å². The van der Waals surface area contributed by atoms with Crippen LogP contribution in [0, 0.1) is 10.6 Å². The van der Waals surface area contributed by atoms with Crippen molar-refractivity contribution in [2.24, 2.45) is 0 Å². The number of aromatic amines is 1. The summed E-state index contributed by atoms with van der Waals surface area (Å²) in [5, 5.41) is 0.0920. The zero-order chi connectivity index (χ0) is 13.3. The van der Waals surface area contributed by atoms with E-state index in [9.17, 15) is 4.39 Å². The molecule has 1 heterocycles. The average Bonchev–Trinajstić information content (AvgIpc) is 2.57. The van der Waals surface area contributed by atoms with Crippen molar-refractivity contribution in [3.63, 3.8) is 0 Å². The van der Waals surface area contributed by atoms with Crippen molar-refractivity contribution in [2.45, 2.75) is 26.5 Å². The van der Waals surface area contributed by atoms with Crippen molar-refractivity contribution in [3.05, 3.63) is 27.7 Å². The topological polar surface area (TPSA) is 29.9 Å². The lowest BCUT2D eigenvalue weighted by atomic mass is 10.3. The standard InChI is InChI=1S/C12H14ClFN2OS/c1-3-17-7(2)6-16-11-4-8(13)9(14)5-10(11)15-12(16)18/h4-5,7H,3,6H2,1-2H3,(H,15,18). The molecule has 1 N–H and O–H groups in total. The molecule has 2 rings (SSSR count). The minimum Gasteiger partial charge on any atom is -0.377 e. The zero-order valence-corrected chi connectivity index (χ0v) is 11.7. The number of imidazole rings is 1. The van der Waals surface area contributed by atoms with E-state index >= 15 is 0 Å². The molecule has 0 aliphatic carbocycles. The van der Waals surface area contributed by atoms with E-state index in [1.165, 1.54) is 6.07 Å². The van der Waals surface area contributed by atoms with E-state index in [-0.39, 0.29) is 11.1 Å². The van der Waals surface area contributed by atoms with Gasteiger partial charge in [0.1, 0.15) is 5.82 Å². The summed E-state index contributed by atoms with van der Waals surface area (Å²) in [6.45, 7) is 5.16. The number of hydrogen-bond donors (Lipinski definition) is 1. The smallest absolute Gasteiger partial charge is 0.178 e. The summed E-state index contributed by atoms with van der Waals surface area (Å²) in [6, 6.07) is 2.94. The molecule has 1 atom stereocenters. The molecule has 2 aromatic rings. The van der Waals surface area contributed by atoms with E-state index in [2.05, 4.69) is 4.98 Å². The highest BCUT2D eigenvalue weighted by atomic mass is 35.5. The van der Waals surface area contributed by atoms with Crippen molar-refractivity contribution >= 4 is 34.9 Å². The average molecular weight is 289 g/mol. The van der Waals surface area contributed by atoms with Crippen LogP contribution in [0.15, 0.2) is 12.1 Å². The Morgan fingerprint density at radius 1 is 1.56 bits per heavy atom. The Morgan fingerprint density at radius 2 is 2.28 bits per heavy atom. The molecule has 0 spiro atoms. The van der Waals surface area contributed by atoms with Crippen molar-refractivity contribution in [2.75, 3.05) is 6.61 Å². The molecule has 0 radical (unpaired) electrons. The predicted molar refractivity (Wildman–Crippen MR) is 73.2 cm³/mol. The number of nitrogens with one attached hydrogen (secondary N) is 1. The lowest BCUT2D eigenvalue weighted by molar-refractivity contribution is 0.0645. The maximum atomic E-state index is 13.4. The summed E-state index contributed by atoms with van der Waals surface area (Å²) in [4.78, 5) is 2.97. The van der Waals surface area contributed by atoms with Crippen LogP contribution in [0.1, 0.15) is 13.8 Å². The van der Waals surface area contributed by atoms with Crippen molar-refractivity contribution in [1.82, 2.24) is 9.55 Å². The summed E-state index contributed by atoms with van der Waals surface area (Å²) in [5.74, 6) is -0.453. The lowest BCUT2D eigenvalue weighted by Crippen LogP contribution is -2.16. The van der Waals surface area contributed by atoms with Crippen LogP contribution >= 0.6 is 23.8 Å². The van der Waals surface area contributed by atoms with Crippen molar-refractivity contribution < 1.29 is 9.13 Å². The molecule has 0 aliphatic heterocycles. The third kappa shape index (κ3) is 2.58. The summed E-state index contributed by atoms with van der Waals surface area (Å²) in [5.41, 5.74) is 1.43. The Morgan fingerprint density at radius 3 is 2.94 bits per heavy atom. The highest BCUT2D eigenvalue weighted by Gasteiger charge is 2.11. The summed E-state index contributed by atoms with van der Waals surface area (Å²) < 4.78 is 21.2. The Bertz CT molecular complexity index is 622. The highest BCUT2D eigenvalue weighted by molar-refractivity contribution is 7.71. The molecule has 0 amide bonds. The van der Waals surface area contributed by atoms with E-state index in [0.29, 0.717) is 23.4 Å². The Balaban J connectivity index is 2.47. The SMILES string of the molecule is CCOC(C)Cn1c(=S)[nH]c2cc(F)c(Cl)cc21. The van der Waals surface area contributed by atoms with Gasteiger partial charge < -0.3 is 14.3 Å². The number of halogens is 2. The minimum absolute atomic E-state index is 0.0320. The second-order valence-corrected chi connectivity index (χ2v) is 4.88. The number of hydrogen-bond acceptors (Lipinski definition) is 2. The molecule has 0 saturated heterocycles. The maximum absolute atomic E-state index is 13.4.